The molecule has 0 N–H and O–H groups in total. The molecule has 0 aliphatic carbocycles. The maximum absolute atomic E-state index is 12.8. The topological polar surface area (TPSA) is 89.5 Å². The number of benzene rings is 2. The monoisotopic (exact) mass is 444 g/mol. The molecular formula is C19H26O8P2. The highest BCUT2D eigenvalue weighted by atomic mass is 31.2. The predicted molar refractivity (Wildman–Crippen MR) is 109 cm³/mol. The van der Waals surface area contributed by atoms with Crippen molar-refractivity contribution in [3.05, 3.63) is 58.7 Å². The first kappa shape index (κ1) is 23.6. The van der Waals surface area contributed by atoms with E-state index in [1.165, 1.54) is 14.2 Å². The molecule has 160 valence electrons. The van der Waals surface area contributed by atoms with E-state index in [0.29, 0.717) is 11.5 Å². The first-order valence-electron chi connectivity index (χ1n) is 8.75. The average Bonchev–Trinajstić information content (AvgIpc) is 2.68. The summed E-state index contributed by atoms with van der Waals surface area (Å²) in [6.45, 7) is 6.51. The van der Waals surface area contributed by atoms with Crippen LogP contribution in [0.2, 0.25) is 0 Å². The number of para-hydroxylation sites is 2. The van der Waals surface area contributed by atoms with Crippen LogP contribution in [0.25, 0.3) is 0 Å². The number of aryl methyl sites for hydroxylation is 4. The molecule has 0 heterocycles. The van der Waals surface area contributed by atoms with Gasteiger partial charge < -0.3 is 9.05 Å². The number of phosphoric acid groups is 2. The Balaban J connectivity index is 2.08. The molecule has 0 saturated carbocycles. The molecule has 2 unspecified atom stereocenters. The summed E-state index contributed by atoms with van der Waals surface area (Å²) in [4.78, 5) is 0. The van der Waals surface area contributed by atoms with E-state index in [-0.39, 0.29) is 0 Å². The van der Waals surface area contributed by atoms with Gasteiger partial charge in [-0.25, -0.2) is 18.2 Å². The van der Waals surface area contributed by atoms with Gasteiger partial charge in [0.05, 0.1) is 0 Å². The van der Waals surface area contributed by atoms with Crippen molar-refractivity contribution in [2.24, 2.45) is 0 Å². The van der Waals surface area contributed by atoms with Gasteiger partial charge in [-0.3, -0.25) is 9.05 Å². The molecule has 0 saturated heterocycles. The SMILES string of the molecule is COP(=O)(OCOP(=O)(OC)Oc1c(C)cccc1C)Oc1c(C)cccc1C. The summed E-state index contributed by atoms with van der Waals surface area (Å²) in [6, 6.07) is 10.9. The second-order valence-electron chi connectivity index (χ2n) is 6.26. The summed E-state index contributed by atoms with van der Waals surface area (Å²) in [6.07, 6.45) is 0. The number of phosphoric ester groups is 2. The van der Waals surface area contributed by atoms with E-state index in [4.69, 9.17) is 27.1 Å². The van der Waals surface area contributed by atoms with Crippen molar-refractivity contribution in [1.29, 1.82) is 0 Å². The average molecular weight is 444 g/mol. The zero-order valence-electron chi connectivity index (χ0n) is 17.3. The largest absolute Gasteiger partial charge is 0.531 e. The van der Waals surface area contributed by atoms with Crippen molar-refractivity contribution >= 4 is 15.6 Å². The van der Waals surface area contributed by atoms with E-state index in [1.807, 2.05) is 12.1 Å². The van der Waals surface area contributed by atoms with Crippen LogP contribution in [0, 0.1) is 27.7 Å². The molecule has 2 atom stereocenters. The van der Waals surface area contributed by atoms with Crippen LogP contribution in [0.3, 0.4) is 0 Å². The van der Waals surface area contributed by atoms with Crippen LogP contribution in [0.5, 0.6) is 11.5 Å². The van der Waals surface area contributed by atoms with Crippen LogP contribution >= 0.6 is 15.6 Å². The molecule has 2 aromatic rings. The van der Waals surface area contributed by atoms with Gasteiger partial charge >= 0.3 is 15.6 Å². The summed E-state index contributed by atoms with van der Waals surface area (Å²) >= 11 is 0. The van der Waals surface area contributed by atoms with E-state index in [9.17, 15) is 9.13 Å². The van der Waals surface area contributed by atoms with Crippen LogP contribution in [0.1, 0.15) is 22.3 Å². The summed E-state index contributed by atoms with van der Waals surface area (Å²) in [7, 11) is -5.71. The Morgan fingerprint density at radius 2 is 0.966 bits per heavy atom. The number of hydrogen-bond donors (Lipinski definition) is 0. The molecule has 0 radical (unpaired) electrons. The third kappa shape index (κ3) is 6.16. The lowest BCUT2D eigenvalue weighted by molar-refractivity contribution is 0.0517. The lowest BCUT2D eigenvalue weighted by Crippen LogP contribution is -2.08. The molecule has 29 heavy (non-hydrogen) atoms. The molecule has 10 heteroatoms. The Hall–Kier alpha value is -1.66. The molecule has 0 aliphatic heterocycles. The summed E-state index contributed by atoms with van der Waals surface area (Å²) in [5, 5.41) is 0. The lowest BCUT2D eigenvalue weighted by atomic mass is 10.1. The standard InChI is InChI=1S/C19H26O8P2/c1-14-9-7-10-15(2)18(14)26-28(20,22-5)24-13-25-29(21,23-6)27-19-16(3)11-8-12-17(19)4/h7-12H,13H2,1-6H3. The lowest BCUT2D eigenvalue weighted by Gasteiger charge is -2.21. The molecule has 0 aliphatic rings. The van der Waals surface area contributed by atoms with Crippen LogP contribution in [0.4, 0.5) is 0 Å². The molecule has 0 amide bonds. The van der Waals surface area contributed by atoms with E-state index >= 15 is 0 Å². The van der Waals surface area contributed by atoms with Gasteiger partial charge in [-0.05, 0) is 49.9 Å². The summed E-state index contributed by atoms with van der Waals surface area (Å²) < 4.78 is 56.6. The van der Waals surface area contributed by atoms with Gasteiger partial charge in [0.1, 0.15) is 11.5 Å². The van der Waals surface area contributed by atoms with Crippen LogP contribution in [0.15, 0.2) is 36.4 Å². The maximum atomic E-state index is 12.8. The van der Waals surface area contributed by atoms with Crippen molar-refractivity contribution in [2.75, 3.05) is 21.0 Å². The minimum absolute atomic E-state index is 0.374. The van der Waals surface area contributed by atoms with E-state index in [2.05, 4.69) is 0 Å². The maximum Gasteiger partial charge on any atom is 0.531 e. The quantitative estimate of drug-likeness (QED) is 0.332. The minimum Gasteiger partial charge on any atom is -0.403 e. The fourth-order valence-corrected chi connectivity index (χ4v) is 4.43. The Labute approximate surface area is 171 Å². The van der Waals surface area contributed by atoms with Crippen molar-refractivity contribution in [2.45, 2.75) is 27.7 Å². The zero-order valence-corrected chi connectivity index (χ0v) is 19.1. The number of rotatable bonds is 10. The second-order valence-corrected chi connectivity index (χ2v) is 9.66. The molecule has 2 aromatic carbocycles. The Kier molecular flexibility index (Phi) is 8.06. The Bertz CT molecular complexity index is 828. The highest BCUT2D eigenvalue weighted by Crippen LogP contribution is 2.54. The van der Waals surface area contributed by atoms with Gasteiger partial charge in [-0.1, -0.05) is 36.4 Å². The van der Waals surface area contributed by atoms with Gasteiger partial charge in [0.25, 0.3) is 0 Å². The molecule has 0 spiro atoms. The third-order valence-corrected chi connectivity index (χ3v) is 6.64. The van der Waals surface area contributed by atoms with Crippen molar-refractivity contribution < 1.29 is 36.3 Å². The predicted octanol–water partition coefficient (Wildman–Crippen LogP) is 5.88. The molecular weight excluding hydrogens is 418 g/mol. The van der Waals surface area contributed by atoms with E-state index < -0.39 is 22.4 Å². The van der Waals surface area contributed by atoms with Crippen LogP contribution < -0.4 is 9.05 Å². The van der Waals surface area contributed by atoms with Crippen molar-refractivity contribution in [3.8, 4) is 11.5 Å². The highest BCUT2D eigenvalue weighted by Gasteiger charge is 2.33. The minimum atomic E-state index is -4.03. The van der Waals surface area contributed by atoms with Gasteiger partial charge in [0.2, 0.25) is 0 Å². The van der Waals surface area contributed by atoms with Crippen molar-refractivity contribution in [3.63, 3.8) is 0 Å². The van der Waals surface area contributed by atoms with Crippen LogP contribution in [-0.4, -0.2) is 21.0 Å². The molecule has 8 nitrogen and oxygen atoms in total. The third-order valence-electron chi connectivity index (χ3n) is 4.09. The Morgan fingerprint density at radius 1 is 0.655 bits per heavy atom. The highest BCUT2D eigenvalue weighted by molar-refractivity contribution is 7.49. The fraction of sp³-hybridized carbons (Fsp3) is 0.368. The first-order valence-corrected chi connectivity index (χ1v) is 11.7. The zero-order chi connectivity index (χ0) is 21.7. The van der Waals surface area contributed by atoms with Gasteiger partial charge in [-0.15, -0.1) is 0 Å². The summed E-state index contributed by atoms with van der Waals surface area (Å²) in [5.41, 5.74) is 3.03. The van der Waals surface area contributed by atoms with Crippen molar-refractivity contribution in [1.82, 2.24) is 0 Å². The van der Waals surface area contributed by atoms with Gasteiger partial charge in [-0.2, -0.15) is 0 Å². The van der Waals surface area contributed by atoms with Gasteiger partial charge in [0.15, 0.2) is 6.79 Å². The number of hydrogen-bond acceptors (Lipinski definition) is 8. The second kappa shape index (κ2) is 9.90. The first-order chi connectivity index (χ1) is 13.6. The van der Waals surface area contributed by atoms with Gasteiger partial charge in [0, 0.05) is 14.2 Å². The molecule has 0 fully saturated rings. The summed E-state index contributed by atoms with van der Waals surface area (Å²) in [5.74, 6) is 0.749. The van der Waals surface area contributed by atoms with E-state index in [0.717, 1.165) is 22.3 Å². The molecule has 0 bridgehead atoms. The Morgan fingerprint density at radius 3 is 1.24 bits per heavy atom. The molecule has 0 aromatic heterocycles. The smallest absolute Gasteiger partial charge is 0.403 e. The fourth-order valence-electron chi connectivity index (χ4n) is 2.50. The molecule has 2 rings (SSSR count). The van der Waals surface area contributed by atoms with Crippen LogP contribution in [-0.2, 0) is 27.2 Å². The normalized spacial score (nSPS) is 15.4. The van der Waals surface area contributed by atoms with E-state index in [1.54, 1.807) is 52.0 Å².